The molecule has 0 spiro atoms. The van der Waals surface area contributed by atoms with Gasteiger partial charge in [0.25, 0.3) is 0 Å². The molecule has 3 heterocycles. The number of anilines is 2. The Morgan fingerprint density at radius 1 is 1.33 bits per heavy atom. The summed E-state index contributed by atoms with van der Waals surface area (Å²) in [5.41, 5.74) is 2.09. The zero-order chi connectivity index (χ0) is 14.5. The summed E-state index contributed by atoms with van der Waals surface area (Å²) in [6.45, 7) is 3.26. The van der Waals surface area contributed by atoms with Gasteiger partial charge < -0.3 is 15.0 Å². The van der Waals surface area contributed by atoms with Crippen molar-refractivity contribution in [3.8, 4) is 0 Å². The minimum absolute atomic E-state index is 0.0416. The maximum absolute atomic E-state index is 11.9. The zero-order valence-electron chi connectivity index (χ0n) is 11.6. The molecule has 0 radical (unpaired) electrons. The van der Waals surface area contributed by atoms with Crippen LogP contribution < -0.4 is 10.2 Å². The van der Waals surface area contributed by atoms with Crippen LogP contribution >= 0.6 is 11.3 Å². The molecule has 1 saturated heterocycles. The smallest absolute Gasteiger partial charge is 0.229 e. The fourth-order valence-electron chi connectivity index (χ4n) is 2.23. The van der Waals surface area contributed by atoms with E-state index in [1.165, 1.54) is 0 Å². The molecule has 21 heavy (non-hydrogen) atoms. The summed E-state index contributed by atoms with van der Waals surface area (Å²) in [6, 6.07) is 5.79. The molecule has 0 unspecified atom stereocenters. The number of thiophene rings is 1. The standard InChI is InChI=1S/C15H17N3O2S/c19-15(9-12-3-8-21-11-12)17-14-2-1-13(10-16-14)18-4-6-20-7-5-18/h1-3,8,10-11H,4-7,9H2,(H,16,17,19). The Bertz CT molecular complexity index is 577. The molecule has 1 amide bonds. The number of amides is 1. The summed E-state index contributed by atoms with van der Waals surface area (Å²) < 4.78 is 5.33. The lowest BCUT2D eigenvalue weighted by Crippen LogP contribution is -2.36. The summed E-state index contributed by atoms with van der Waals surface area (Å²) >= 11 is 1.59. The van der Waals surface area contributed by atoms with E-state index in [4.69, 9.17) is 4.74 Å². The number of rotatable bonds is 4. The van der Waals surface area contributed by atoms with Crippen molar-refractivity contribution in [3.63, 3.8) is 0 Å². The molecule has 1 aliphatic rings. The molecule has 0 bridgehead atoms. The van der Waals surface area contributed by atoms with Crippen LogP contribution in [0.5, 0.6) is 0 Å². The van der Waals surface area contributed by atoms with E-state index in [1.807, 2.05) is 29.0 Å². The van der Waals surface area contributed by atoms with Crippen molar-refractivity contribution >= 4 is 28.7 Å². The van der Waals surface area contributed by atoms with Crippen LogP contribution in [0.2, 0.25) is 0 Å². The van der Waals surface area contributed by atoms with Crippen molar-refractivity contribution in [1.29, 1.82) is 0 Å². The number of nitrogens with zero attached hydrogens (tertiary/aromatic N) is 2. The molecule has 0 aliphatic carbocycles. The first-order valence-corrected chi connectivity index (χ1v) is 7.85. The molecule has 1 N–H and O–H groups in total. The lowest BCUT2D eigenvalue weighted by atomic mass is 10.2. The Kier molecular flexibility index (Phi) is 4.47. The summed E-state index contributed by atoms with van der Waals surface area (Å²) in [7, 11) is 0. The first-order chi connectivity index (χ1) is 10.3. The number of nitrogens with one attached hydrogen (secondary N) is 1. The zero-order valence-corrected chi connectivity index (χ0v) is 12.4. The van der Waals surface area contributed by atoms with Gasteiger partial charge in [0.2, 0.25) is 5.91 Å². The van der Waals surface area contributed by atoms with Crippen LogP contribution in [0.25, 0.3) is 0 Å². The highest BCUT2D eigenvalue weighted by Gasteiger charge is 2.12. The number of aromatic nitrogens is 1. The van der Waals surface area contributed by atoms with Gasteiger partial charge in [0.1, 0.15) is 5.82 Å². The minimum Gasteiger partial charge on any atom is -0.378 e. The SMILES string of the molecule is O=C(Cc1ccsc1)Nc1ccc(N2CCOCC2)cn1. The van der Waals surface area contributed by atoms with Crippen molar-refractivity contribution < 1.29 is 9.53 Å². The highest BCUT2D eigenvalue weighted by atomic mass is 32.1. The molecule has 0 aromatic carbocycles. The van der Waals surface area contributed by atoms with Crippen LogP contribution in [0, 0.1) is 0 Å². The van der Waals surface area contributed by atoms with Crippen LogP contribution in [0.15, 0.2) is 35.2 Å². The molecule has 5 nitrogen and oxygen atoms in total. The maximum atomic E-state index is 11.9. The molecule has 1 fully saturated rings. The molecule has 2 aromatic heterocycles. The lowest BCUT2D eigenvalue weighted by molar-refractivity contribution is -0.115. The molecule has 1 aliphatic heterocycles. The molecule has 6 heteroatoms. The van der Waals surface area contributed by atoms with Gasteiger partial charge in [-0.1, -0.05) is 0 Å². The average molecular weight is 303 g/mol. The van der Waals surface area contributed by atoms with E-state index in [1.54, 1.807) is 17.5 Å². The van der Waals surface area contributed by atoms with Crippen LogP contribution in [0.4, 0.5) is 11.5 Å². The van der Waals surface area contributed by atoms with E-state index in [0.29, 0.717) is 12.2 Å². The molecule has 0 atom stereocenters. The van der Waals surface area contributed by atoms with Crippen LogP contribution in [-0.2, 0) is 16.0 Å². The van der Waals surface area contributed by atoms with E-state index in [0.717, 1.165) is 37.6 Å². The predicted octanol–water partition coefficient (Wildman–Crippen LogP) is 2.16. The summed E-state index contributed by atoms with van der Waals surface area (Å²) in [5, 5.41) is 6.77. The Hall–Kier alpha value is -1.92. The average Bonchev–Trinajstić information content (AvgIpc) is 3.02. The van der Waals surface area contributed by atoms with Gasteiger partial charge in [0.05, 0.1) is 31.5 Å². The van der Waals surface area contributed by atoms with Gasteiger partial charge in [0, 0.05) is 13.1 Å². The van der Waals surface area contributed by atoms with Gasteiger partial charge in [-0.2, -0.15) is 11.3 Å². The highest BCUT2D eigenvalue weighted by Crippen LogP contribution is 2.16. The quantitative estimate of drug-likeness (QED) is 0.940. The fraction of sp³-hybridized carbons (Fsp3) is 0.333. The first kappa shape index (κ1) is 14.0. The normalized spacial score (nSPS) is 15.0. The summed E-state index contributed by atoms with van der Waals surface area (Å²) in [4.78, 5) is 18.4. The number of hydrogen-bond donors (Lipinski definition) is 1. The van der Waals surface area contributed by atoms with Crippen LogP contribution in [0.1, 0.15) is 5.56 Å². The Morgan fingerprint density at radius 2 is 2.19 bits per heavy atom. The maximum Gasteiger partial charge on any atom is 0.229 e. The van der Waals surface area contributed by atoms with Gasteiger partial charge in [-0.3, -0.25) is 4.79 Å². The molecule has 0 saturated carbocycles. The van der Waals surface area contributed by atoms with E-state index in [-0.39, 0.29) is 5.91 Å². The number of morpholine rings is 1. The second-order valence-corrected chi connectivity index (χ2v) is 5.64. The Balaban J connectivity index is 1.57. The minimum atomic E-state index is -0.0416. The molecule has 2 aromatic rings. The van der Waals surface area contributed by atoms with E-state index >= 15 is 0 Å². The van der Waals surface area contributed by atoms with Crippen LogP contribution in [-0.4, -0.2) is 37.2 Å². The van der Waals surface area contributed by atoms with Crippen molar-refractivity contribution in [1.82, 2.24) is 4.98 Å². The number of pyridine rings is 1. The molecular weight excluding hydrogens is 286 g/mol. The highest BCUT2D eigenvalue weighted by molar-refractivity contribution is 7.08. The predicted molar refractivity (Wildman–Crippen MR) is 83.9 cm³/mol. The second-order valence-electron chi connectivity index (χ2n) is 4.86. The summed E-state index contributed by atoms with van der Waals surface area (Å²) in [6.07, 6.45) is 2.18. The number of carbonyl (C=O) groups is 1. The monoisotopic (exact) mass is 303 g/mol. The number of hydrogen-bond acceptors (Lipinski definition) is 5. The number of ether oxygens (including phenoxy) is 1. The third kappa shape index (κ3) is 3.80. The molecular formula is C15H17N3O2S. The van der Waals surface area contributed by atoms with Gasteiger partial charge in [-0.05, 0) is 34.5 Å². The van der Waals surface area contributed by atoms with E-state index in [9.17, 15) is 4.79 Å². The third-order valence-electron chi connectivity index (χ3n) is 3.34. The van der Waals surface area contributed by atoms with Crippen LogP contribution in [0.3, 0.4) is 0 Å². The summed E-state index contributed by atoms with van der Waals surface area (Å²) in [5.74, 6) is 0.548. The molecule has 110 valence electrons. The van der Waals surface area contributed by atoms with Gasteiger partial charge in [-0.15, -0.1) is 0 Å². The topological polar surface area (TPSA) is 54.5 Å². The number of carbonyl (C=O) groups excluding carboxylic acids is 1. The Labute approximate surface area is 127 Å². The van der Waals surface area contributed by atoms with E-state index < -0.39 is 0 Å². The second kappa shape index (κ2) is 6.69. The van der Waals surface area contributed by atoms with Gasteiger partial charge in [-0.25, -0.2) is 4.98 Å². The van der Waals surface area contributed by atoms with Crippen molar-refractivity contribution in [3.05, 3.63) is 40.7 Å². The largest absolute Gasteiger partial charge is 0.378 e. The Morgan fingerprint density at radius 3 is 2.86 bits per heavy atom. The lowest BCUT2D eigenvalue weighted by Gasteiger charge is -2.28. The molecule has 3 rings (SSSR count). The third-order valence-corrected chi connectivity index (χ3v) is 4.07. The van der Waals surface area contributed by atoms with Gasteiger partial charge in [0.15, 0.2) is 0 Å². The van der Waals surface area contributed by atoms with Gasteiger partial charge >= 0.3 is 0 Å². The van der Waals surface area contributed by atoms with Crippen molar-refractivity contribution in [2.24, 2.45) is 0 Å². The van der Waals surface area contributed by atoms with E-state index in [2.05, 4.69) is 15.2 Å². The van der Waals surface area contributed by atoms with Crippen molar-refractivity contribution in [2.45, 2.75) is 6.42 Å². The van der Waals surface area contributed by atoms with Crippen molar-refractivity contribution in [2.75, 3.05) is 36.5 Å². The fourth-order valence-corrected chi connectivity index (χ4v) is 2.90. The first-order valence-electron chi connectivity index (χ1n) is 6.91.